The van der Waals surface area contributed by atoms with Crippen LogP contribution in [0.1, 0.15) is 40.0 Å². The molecule has 4 heteroatoms. The lowest BCUT2D eigenvalue weighted by Crippen LogP contribution is -2.32. The summed E-state index contributed by atoms with van der Waals surface area (Å²) < 4.78 is 5.37. The first-order valence-electron chi connectivity index (χ1n) is 7.88. The Kier molecular flexibility index (Phi) is 3.71. The van der Waals surface area contributed by atoms with Crippen LogP contribution in [0, 0.1) is 16.7 Å². The molecule has 118 valence electrons. The molecule has 2 aliphatic rings. The molecule has 2 aliphatic carbocycles. The van der Waals surface area contributed by atoms with Gasteiger partial charge in [-0.05, 0) is 42.7 Å². The van der Waals surface area contributed by atoms with Gasteiger partial charge < -0.3 is 9.57 Å². The average Bonchev–Trinajstić information content (AvgIpc) is 2.85. The largest absolute Gasteiger partial charge is 0.482 e. The lowest BCUT2D eigenvalue weighted by Gasteiger charge is -2.34. The van der Waals surface area contributed by atoms with Gasteiger partial charge in [0.2, 0.25) is 0 Å². The number of hydrogen-bond acceptors (Lipinski definition) is 4. The monoisotopic (exact) mass is 301 g/mol. The second-order valence-corrected chi connectivity index (χ2v) is 7.10. The van der Waals surface area contributed by atoms with Crippen molar-refractivity contribution in [3.05, 3.63) is 30.3 Å². The molecule has 2 fully saturated rings. The van der Waals surface area contributed by atoms with E-state index in [1.807, 2.05) is 18.2 Å². The number of nitrogens with zero attached hydrogens (tertiary/aromatic N) is 1. The Hall–Kier alpha value is -1.84. The van der Waals surface area contributed by atoms with E-state index in [4.69, 9.17) is 9.57 Å². The normalized spacial score (nSPS) is 30.5. The maximum absolute atomic E-state index is 11.8. The van der Waals surface area contributed by atoms with E-state index < -0.39 is 5.97 Å². The van der Waals surface area contributed by atoms with Gasteiger partial charge in [0, 0.05) is 5.41 Å². The summed E-state index contributed by atoms with van der Waals surface area (Å²) in [7, 11) is 0. The van der Waals surface area contributed by atoms with Crippen LogP contribution in [0.15, 0.2) is 35.5 Å². The smallest absolute Gasteiger partial charge is 0.372 e. The summed E-state index contributed by atoms with van der Waals surface area (Å²) in [6.07, 6.45) is 3.31. The van der Waals surface area contributed by atoms with Crippen molar-refractivity contribution in [1.82, 2.24) is 0 Å². The first-order valence-corrected chi connectivity index (χ1v) is 7.88. The van der Waals surface area contributed by atoms with Crippen molar-refractivity contribution < 1.29 is 14.4 Å². The number of carbonyl (C=O) groups is 1. The predicted molar refractivity (Wildman–Crippen MR) is 84.7 cm³/mol. The highest BCUT2D eigenvalue weighted by atomic mass is 16.7. The van der Waals surface area contributed by atoms with Gasteiger partial charge in [0.1, 0.15) is 5.75 Å². The molecule has 0 heterocycles. The molecule has 0 aromatic heterocycles. The topological polar surface area (TPSA) is 47.9 Å². The molecular weight excluding hydrogens is 278 g/mol. The van der Waals surface area contributed by atoms with Crippen LogP contribution >= 0.6 is 0 Å². The maximum atomic E-state index is 11.8. The van der Waals surface area contributed by atoms with Gasteiger partial charge in [-0.1, -0.05) is 44.1 Å². The summed E-state index contributed by atoms with van der Waals surface area (Å²) in [6, 6.07) is 9.23. The molecule has 2 atom stereocenters. The van der Waals surface area contributed by atoms with Crippen LogP contribution in [0.25, 0.3) is 0 Å². The number of hydrogen-bond donors (Lipinski definition) is 0. The van der Waals surface area contributed by atoms with Crippen LogP contribution in [-0.2, 0) is 9.63 Å². The minimum Gasteiger partial charge on any atom is -0.482 e. The van der Waals surface area contributed by atoms with Crippen molar-refractivity contribution in [2.75, 3.05) is 6.61 Å². The van der Waals surface area contributed by atoms with E-state index in [0.29, 0.717) is 11.7 Å². The number of oxime groups is 1. The molecular formula is C18H23NO3. The highest BCUT2D eigenvalue weighted by molar-refractivity contribution is 5.94. The summed E-state index contributed by atoms with van der Waals surface area (Å²) in [5.74, 6) is 0.844. The molecule has 2 saturated carbocycles. The lowest BCUT2D eigenvalue weighted by atomic mass is 9.70. The first kappa shape index (κ1) is 15.1. The summed E-state index contributed by atoms with van der Waals surface area (Å²) in [4.78, 5) is 16.9. The summed E-state index contributed by atoms with van der Waals surface area (Å²) in [5, 5.41) is 4.17. The Labute approximate surface area is 131 Å². The van der Waals surface area contributed by atoms with Crippen molar-refractivity contribution >= 4 is 11.7 Å². The van der Waals surface area contributed by atoms with Gasteiger partial charge >= 0.3 is 5.97 Å². The summed E-state index contributed by atoms with van der Waals surface area (Å²) in [6.45, 7) is 6.72. The van der Waals surface area contributed by atoms with Crippen LogP contribution in [-0.4, -0.2) is 18.3 Å². The molecule has 0 aliphatic heterocycles. The van der Waals surface area contributed by atoms with E-state index >= 15 is 0 Å². The molecule has 0 saturated heterocycles. The lowest BCUT2D eigenvalue weighted by molar-refractivity contribution is -0.146. The highest BCUT2D eigenvalue weighted by Gasteiger charge is 2.60. The zero-order valence-electron chi connectivity index (χ0n) is 13.5. The van der Waals surface area contributed by atoms with E-state index in [0.717, 1.165) is 18.6 Å². The minimum absolute atomic E-state index is 0.0538. The van der Waals surface area contributed by atoms with Crippen molar-refractivity contribution in [2.24, 2.45) is 21.9 Å². The van der Waals surface area contributed by atoms with E-state index in [2.05, 4.69) is 25.9 Å². The summed E-state index contributed by atoms with van der Waals surface area (Å²) in [5.41, 5.74) is 1.32. The molecule has 1 aromatic rings. The van der Waals surface area contributed by atoms with Gasteiger partial charge in [0.15, 0.2) is 6.61 Å². The Morgan fingerprint density at radius 1 is 1.27 bits per heavy atom. The van der Waals surface area contributed by atoms with Gasteiger partial charge in [-0.25, -0.2) is 4.79 Å². The SMILES string of the molecule is CC1(C)[C@H]2CC[C@]1(C)/C(=N\OC(=O)COc1ccccc1)C2. The highest BCUT2D eigenvalue weighted by Crippen LogP contribution is 2.63. The summed E-state index contributed by atoms with van der Waals surface area (Å²) >= 11 is 0. The van der Waals surface area contributed by atoms with Gasteiger partial charge in [-0.2, -0.15) is 0 Å². The molecule has 4 nitrogen and oxygen atoms in total. The molecule has 0 radical (unpaired) electrons. The molecule has 22 heavy (non-hydrogen) atoms. The third kappa shape index (κ3) is 2.40. The minimum atomic E-state index is -0.458. The number of carbonyl (C=O) groups excluding carboxylic acids is 1. The fraction of sp³-hybridized carbons (Fsp3) is 0.556. The van der Waals surface area contributed by atoms with Gasteiger partial charge in [0.05, 0.1) is 5.71 Å². The fourth-order valence-electron chi connectivity index (χ4n) is 3.86. The molecule has 0 amide bonds. The van der Waals surface area contributed by atoms with Crippen LogP contribution in [0.3, 0.4) is 0 Å². The van der Waals surface area contributed by atoms with Gasteiger partial charge in [0.25, 0.3) is 0 Å². The van der Waals surface area contributed by atoms with Crippen molar-refractivity contribution in [3.63, 3.8) is 0 Å². The molecule has 0 N–H and O–H groups in total. The Balaban J connectivity index is 1.57. The van der Waals surface area contributed by atoms with Gasteiger partial charge in [-0.3, -0.25) is 0 Å². The number of ether oxygens (including phenoxy) is 1. The third-order valence-electron chi connectivity index (χ3n) is 5.87. The van der Waals surface area contributed by atoms with Crippen LogP contribution in [0.5, 0.6) is 5.75 Å². The number of rotatable bonds is 4. The van der Waals surface area contributed by atoms with Crippen molar-refractivity contribution in [3.8, 4) is 5.75 Å². The fourth-order valence-corrected chi connectivity index (χ4v) is 3.86. The molecule has 1 aromatic carbocycles. The maximum Gasteiger partial charge on any atom is 0.372 e. The standard InChI is InChI=1S/C18H23NO3/c1-17(2)13-9-10-18(17,3)15(11-13)19-22-16(20)12-21-14-7-5-4-6-8-14/h4-8,13H,9-12H2,1-3H3/b19-15-/t13-,18+/m0/s1. The number of benzene rings is 1. The quantitative estimate of drug-likeness (QED) is 0.627. The zero-order chi connectivity index (χ0) is 15.8. The number of para-hydroxylation sites is 1. The average molecular weight is 301 g/mol. The van der Waals surface area contributed by atoms with E-state index in [9.17, 15) is 4.79 Å². The first-order chi connectivity index (χ1) is 10.4. The van der Waals surface area contributed by atoms with E-state index in [1.54, 1.807) is 12.1 Å². The molecule has 0 unspecified atom stereocenters. The Morgan fingerprint density at radius 2 is 2.00 bits per heavy atom. The van der Waals surface area contributed by atoms with E-state index in [1.165, 1.54) is 6.42 Å². The second kappa shape index (κ2) is 5.41. The van der Waals surface area contributed by atoms with Crippen LogP contribution < -0.4 is 4.74 Å². The van der Waals surface area contributed by atoms with Gasteiger partial charge in [-0.15, -0.1) is 0 Å². The zero-order valence-corrected chi connectivity index (χ0v) is 13.5. The molecule has 3 rings (SSSR count). The Morgan fingerprint density at radius 3 is 2.59 bits per heavy atom. The number of fused-ring (bicyclic) bond motifs is 2. The van der Waals surface area contributed by atoms with E-state index in [-0.39, 0.29) is 17.4 Å². The van der Waals surface area contributed by atoms with Crippen LogP contribution in [0.2, 0.25) is 0 Å². The molecule has 0 spiro atoms. The molecule has 2 bridgehead atoms. The second-order valence-electron chi connectivity index (χ2n) is 7.10. The third-order valence-corrected chi connectivity index (χ3v) is 5.87. The van der Waals surface area contributed by atoms with Crippen molar-refractivity contribution in [2.45, 2.75) is 40.0 Å². The van der Waals surface area contributed by atoms with Crippen LogP contribution in [0.4, 0.5) is 0 Å². The Bertz CT molecular complexity index is 594. The van der Waals surface area contributed by atoms with Crippen molar-refractivity contribution in [1.29, 1.82) is 0 Å². The predicted octanol–water partition coefficient (Wildman–Crippen LogP) is 3.81.